The molecular formula is C22H26N2O2S. The molecule has 1 amide bonds. The van der Waals surface area contributed by atoms with E-state index in [9.17, 15) is 9.90 Å². The van der Waals surface area contributed by atoms with Crippen LogP contribution in [0.5, 0.6) is 5.75 Å². The van der Waals surface area contributed by atoms with Gasteiger partial charge in [-0.05, 0) is 72.9 Å². The second-order valence-electron chi connectivity index (χ2n) is 8.68. The lowest BCUT2D eigenvalue weighted by molar-refractivity contribution is 0.0394. The summed E-state index contributed by atoms with van der Waals surface area (Å²) in [6.07, 6.45) is 4.63. The van der Waals surface area contributed by atoms with Crippen LogP contribution in [0.15, 0.2) is 35.0 Å². The van der Waals surface area contributed by atoms with Crippen LogP contribution in [0, 0.1) is 5.92 Å². The summed E-state index contributed by atoms with van der Waals surface area (Å²) >= 11 is 1.55. The third-order valence-corrected chi connectivity index (χ3v) is 7.54. The van der Waals surface area contributed by atoms with E-state index in [1.807, 2.05) is 22.9 Å². The maximum Gasteiger partial charge on any atom is 0.252 e. The number of amides is 1. The van der Waals surface area contributed by atoms with Crippen molar-refractivity contribution in [3.8, 4) is 5.75 Å². The van der Waals surface area contributed by atoms with E-state index in [0.29, 0.717) is 11.8 Å². The molecule has 2 aromatic rings. The first-order valence-corrected chi connectivity index (χ1v) is 10.9. The van der Waals surface area contributed by atoms with Gasteiger partial charge in [0.2, 0.25) is 0 Å². The number of phenols is 1. The number of thiophene rings is 1. The molecule has 0 spiro atoms. The van der Waals surface area contributed by atoms with Crippen LogP contribution >= 0.6 is 11.3 Å². The summed E-state index contributed by atoms with van der Waals surface area (Å²) in [7, 11) is 0. The first-order chi connectivity index (χ1) is 13.0. The number of aromatic hydroxyl groups is 1. The standard InChI is InChI=1S/C22H26N2O2S/c1-22-7-8-24(12-14-2-3-14)19(10-15-4-5-17(25)11-18(15)22)20(22)23-21(26)16-6-9-27-13-16/h4-6,9,11,13-14,19-20,25H,2-3,7-8,10,12H2,1H3,(H,23,26)/t19-,20-,22-/m1/s1. The predicted molar refractivity (Wildman–Crippen MR) is 107 cm³/mol. The normalized spacial score (nSPS) is 30.0. The highest BCUT2D eigenvalue weighted by molar-refractivity contribution is 7.08. The molecule has 27 heavy (non-hydrogen) atoms. The SMILES string of the molecule is C[C@@]12CCN(CC3CC3)[C@H](Cc3ccc(O)cc31)[C@H]2NC(=O)c1ccsc1. The average molecular weight is 383 g/mol. The van der Waals surface area contributed by atoms with Crippen molar-refractivity contribution >= 4 is 17.2 Å². The molecule has 1 aliphatic heterocycles. The van der Waals surface area contributed by atoms with E-state index in [1.54, 1.807) is 17.4 Å². The van der Waals surface area contributed by atoms with Gasteiger partial charge >= 0.3 is 0 Å². The fraction of sp³-hybridized carbons (Fsp3) is 0.500. The van der Waals surface area contributed by atoms with E-state index >= 15 is 0 Å². The minimum absolute atomic E-state index is 0.0225. The van der Waals surface area contributed by atoms with E-state index in [-0.39, 0.29) is 17.4 Å². The Labute approximate surface area is 164 Å². The molecule has 5 heteroatoms. The number of fused-ring (bicyclic) bond motifs is 4. The maximum atomic E-state index is 12.9. The number of hydrogen-bond donors (Lipinski definition) is 2. The Morgan fingerprint density at radius 3 is 2.96 bits per heavy atom. The number of nitrogens with one attached hydrogen (secondary N) is 1. The minimum Gasteiger partial charge on any atom is -0.508 e. The summed E-state index contributed by atoms with van der Waals surface area (Å²) in [4.78, 5) is 15.5. The highest BCUT2D eigenvalue weighted by Crippen LogP contribution is 2.47. The Morgan fingerprint density at radius 2 is 2.22 bits per heavy atom. The van der Waals surface area contributed by atoms with Gasteiger partial charge in [-0.1, -0.05) is 13.0 Å². The molecule has 2 aliphatic carbocycles. The molecule has 2 bridgehead atoms. The lowest BCUT2D eigenvalue weighted by atomic mass is 9.61. The van der Waals surface area contributed by atoms with Gasteiger partial charge in [-0.2, -0.15) is 11.3 Å². The molecule has 3 aliphatic rings. The van der Waals surface area contributed by atoms with Crippen LogP contribution in [0.1, 0.15) is 47.7 Å². The van der Waals surface area contributed by atoms with E-state index in [2.05, 4.69) is 23.2 Å². The van der Waals surface area contributed by atoms with E-state index in [1.165, 1.54) is 24.0 Å². The molecule has 1 saturated carbocycles. The summed E-state index contributed by atoms with van der Waals surface area (Å²) in [6.45, 7) is 4.49. The minimum atomic E-state index is -0.150. The molecule has 2 fully saturated rings. The Balaban J connectivity index is 1.52. The van der Waals surface area contributed by atoms with Gasteiger partial charge in [-0.15, -0.1) is 0 Å². The third-order valence-electron chi connectivity index (χ3n) is 6.86. The van der Waals surface area contributed by atoms with Crippen LogP contribution in [0.25, 0.3) is 0 Å². The Morgan fingerprint density at radius 1 is 1.37 bits per heavy atom. The van der Waals surface area contributed by atoms with Crippen LogP contribution in [0.3, 0.4) is 0 Å². The molecule has 142 valence electrons. The molecule has 4 nitrogen and oxygen atoms in total. The van der Waals surface area contributed by atoms with Gasteiger partial charge in [0.1, 0.15) is 5.75 Å². The summed E-state index contributed by atoms with van der Waals surface area (Å²) in [5.41, 5.74) is 3.13. The zero-order valence-corrected chi connectivity index (χ0v) is 16.5. The summed E-state index contributed by atoms with van der Waals surface area (Å²) in [5.74, 6) is 1.18. The van der Waals surface area contributed by atoms with Crippen molar-refractivity contribution in [2.45, 2.75) is 50.1 Å². The van der Waals surface area contributed by atoms with Crippen molar-refractivity contribution in [2.75, 3.05) is 13.1 Å². The summed E-state index contributed by atoms with van der Waals surface area (Å²) in [6, 6.07) is 8.07. The molecule has 0 radical (unpaired) electrons. The lowest BCUT2D eigenvalue weighted by Gasteiger charge is -2.55. The maximum absolute atomic E-state index is 12.9. The molecule has 5 rings (SSSR count). The average Bonchev–Trinajstić information content (AvgIpc) is 3.29. The first-order valence-electron chi connectivity index (χ1n) is 9.94. The van der Waals surface area contributed by atoms with Crippen molar-refractivity contribution in [3.05, 3.63) is 51.7 Å². The van der Waals surface area contributed by atoms with Crippen LogP contribution < -0.4 is 5.32 Å². The molecule has 1 saturated heterocycles. The smallest absolute Gasteiger partial charge is 0.252 e. The van der Waals surface area contributed by atoms with Gasteiger partial charge in [0.05, 0.1) is 6.04 Å². The fourth-order valence-corrected chi connectivity index (χ4v) is 5.75. The quantitative estimate of drug-likeness (QED) is 0.850. The number of rotatable bonds is 4. The molecule has 1 aromatic heterocycles. The van der Waals surface area contributed by atoms with Crippen LogP contribution in [0.4, 0.5) is 0 Å². The third kappa shape index (κ3) is 2.97. The van der Waals surface area contributed by atoms with E-state index in [4.69, 9.17) is 0 Å². The molecule has 2 heterocycles. The van der Waals surface area contributed by atoms with Gasteiger partial charge in [0, 0.05) is 28.9 Å². The van der Waals surface area contributed by atoms with Gasteiger partial charge in [-0.25, -0.2) is 0 Å². The van der Waals surface area contributed by atoms with Gasteiger partial charge < -0.3 is 10.4 Å². The lowest BCUT2D eigenvalue weighted by Crippen LogP contribution is -2.68. The van der Waals surface area contributed by atoms with Crippen LogP contribution in [0.2, 0.25) is 0 Å². The summed E-state index contributed by atoms with van der Waals surface area (Å²) in [5, 5.41) is 17.4. The predicted octanol–water partition coefficient (Wildman–Crippen LogP) is 3.55. The number of nitrogens with zero attached hydrogens (tertiary/aromatic N) is 1. The van der Waals surface area contributed by atoms with Crippen LogP contribution in [-0.4, -0.2) is 41.1 Å². The van der Waals surface area contributed by atoms with Crippen molar-refractivity contribution in [2.24, 2.45) is 5.92 Å². The van der Waals surface area contributed by atoms with Crippen LogP contribution in [-0.2, 0) is 11.8 Å². The van der Waals surface area contributed by atoms with Crippen molar-refractivity contribution in [1.82, 2.24) is 10.2 Å². The number of hydrogen-bond acceptors (Lipinski definition) is 4. The van der Waals surface area contributed by atoms with Crippen molar-refractivity contribution in [1.29, 1.82) is 0 Å². The second kappa shape index (κ2) is 6.35. The van der Waals surface area contributed by atoms with Gasteiger partial charge in [0.25, 0.3) is 5.91 Å². The topological polar surface area (TPSA) is 52.6 Å². The molecular weight excluding hydrogens is 356 g/mol. The largest absolute Gasteiger partial charge is 0.508 e. The number of piperidine rings is 1. The zero-order valence-electron chi connectivity index (χ0n) is 15.6. The molecule has 3 atom stereocenters. The Kier molecular flexibility index (Phi) is 4.06. The Bertz CT molecular complexity index is 861. The molecule has 1 aromatic carbocycles. The fourth-order valence-electron chi connectivity index (χ4n) is 5.11. The van der Waals surface area contributed by atoms with E-state index in [0.717, 1.165) is 37.4 Å². The molecule has 2 N–H and O–H groups in total. The number of carbonyl (C=O) groups is 1. The zero-order chi connectivity index (χ0) is 18.6. The number of benzene rings is 1. The van der Waals surface area contributed by atoms with Crippen molar-refractivity contribution < 1.29 is 9.90 Å². The number of likely N-dealkylation sites (tertiary alicyclic amines) is 1. The molecule has 0 unspecified atom stereocenters. The summed E-state index contributed by atoms with van der Waals surface area (Å²) < 4.78 is 0. The van der Waals surface area contributed by atoms with Gasteiger partial charge in [0.15, 0.2) is 0 Å². The van der Waals surface area contributed by atoms with Gasteiger partial charge in [-0.3, -0.25) is 9.69 Å². The van der Waals surface area contributed by atoms with Crippen molar-refractivity contribution in [3.63, 3.8) is 0 Å². The first kappa shape index (κ1) is 17.3. The highest BCUT2D eigenvalue weighted by Gasteiger charge is 2.52. The number of carbonyl (C=O) groups excluding carboxylic acids is 1. The van der Waals surface area contributed by atoms with E-state index < -0.39 is 0 Å². The second-order valence-corrected chi connectivity index (χ2v) is 9.46. The Hall–Kier alpha value is -1.85. The monoisotopic (exact) mass is 382 g/mol. The highest BCUT2D eigenvalue weighted by atomic mass is 32.1. The number of phenolic OH excluding ortho intramolecular Hbond substituents is 1.